The Hall–Kier alpha value is -2.64. The van der Waals surface area contributed by atoms with Crippen LogP contribution in [0.25, 0.3) is 0 Å². The number of benzene rings is 2. The number of aromatic carboxylic acids is 1. The number of rotatable bonds is 5. The van der Waals surface area contributed by atoms with Gasteiger partial charge in [0.1, 0.15) is 5.75 Å². The van der Waals surface area contributed by atoms with Crippen molar-refractivity contribution in [1.29, 1.82) is 0 Å². The molecule has 0 heterocycles. The van der Waals surface area contributed by atoms with Crippen LogP contribution in [0, 0.1) is 13.8 Å². The van der Waals surface area contributed by atoms with Crippen molar-refractivity contribution in [2.24, 2.45) is 0 Å². The maximum atomic E-state index is 11.9. The number of hydrogen-bond donors (Lipinski definition) is 3. The summed E-state index contributed by atoms with van der Waals surface area (Å²) >= 11 is 10.9. The largest absolute Gasteiger partial charge is 0.483 e. The highest BCUT2D eigenvalue weighted by Crippen LogP contribution is 2.21. The third-order valence-corrected chi connectivity index (χ3v) is 3.93. The molecule has 2 rings (SSSR count). The molecule has 0 spiro atoms. The standard InChI is InChI=1S/C18H17ClN2O4S/c1-10-3-6-15(11(2)7-10)25-9-16(22)21-18(26)20-12-4-5-14(19)13(8-12)17(23)24/h3-8H,9H2,1-2H3,(H,23,24)(H2,20,21,22,26). The lowest BCUT2D eigenvalue weighted by Crippen LogP contribution is -2.37. The average molecular weight is 393 g/mol. The second kappa shape index (κ2) is 8.64. The van der Waals surface area contributed by atoms with Gasteiger partial charge in [0.15, 0.2) is 11.7 Å². The number of carbonyl (C=O) groups excluding carboxylic acids is 1. The maximum Gasteiger partial charge on any atom is 0.337 e. The van der Waals surface area contributed by atoms with Crippen molar-refractivity contribution in [3.8, 4) is 5.75 Å². The summed E-state index contributed by atoms with van der Waals surface area (Å²) in [6.45, 7) is 3.67. The molecule has 0 aromatic heterocycles. The first-order valence-electron chi connectivity index (χ1n) is 7.60. The van der Waals surface area contributed by atoms with Crippen molar-refractivity contribution in [3.63, 3.8) is 0 Å². The summed E-state index contributed by atoms with van der Waals surface area (Å²) in [6, 6.07) is 9.97. The molecule has 0 radical (unpaired) electrons. The number of carbonyl (C=O) groups is 2. The summed E-state index contributed by atoms with van der Waals surface area (Å²) in [4.78, 5) is 23.0. The average Bonchev–Trinajstić information content (AvgIpc) is 2.55. The molecule has 0 aliphatic heterocycles. The van der Waals surface area contributed by atoms with Gasteiger partial charge in [-0.15, -0.1) is 0 Å². The Morgan fingerprint density at radius 3 is 2.58 bits per heavy atom. The van der Waals surface area contributed by atoms with E-state index < -0.39 is 11.9 Å². The minimum Gasteiger partial charge on any atom is -0.483 e. The molecular weight excluding hydrogens is 376 g/mol. The molecule has 6 nitrogen and oxygen atoms in total. The van der Waals surface area contributed by atoms with Gasteiger partial charge in [-0.3, -0.25) is 10.1 Å². The zero-order valence-corrected chi connectivity index (χ0v) is 15.7. The topological polar surface area (TPSA) is 87.7 Å². The fourth-order valence-electron chi connectivity index (χ4n) is 2.20. The highest BCUT2D eigenvalue weighted by molar-refractivity contribution is 7.80. The Morgan fingerprint density at radius 1 is 1.19 bits per heavy atom. The van der Waals surface area contributed by atoms with Gasteiger partial charge in [-0.1, -0.05) is 29.3 Å². The van der Waals surface area contributed by atoms with E-state index in [1.165, 1.54) is 12.1 Å². The van der Waals surface area contributed by atoms with Crippen LogP contribution < -0.4 is 15.4 Å². The van der Waals surface area contributed by atoms with E-state index in [0.29, 0.717) is 11.4 Å². The van der Waals surface area contributed by atoms with E-state index in [1.54, 1.807) is 12.1 Å². The Labute approximate surface area is 161 Å². The highest BCUT2D eigenvalue weighted by Gasteiger charge is 2.11. The molecule has 8 heteroatoms. The quantitative estimate of drug-likeness (QED) is 0.674. The lowest BCUT2D eigenvalue weighted by molar-refractivity contribution is -0.121. The summed E-state index contributed by atoms with van der Waals surface area (Å²) in [5.74, 6) is -0.973. The van der Waals surface area contributed by atoms with E-state index in [2.05, 4.69) is 10.6 Å². The number of hydrogen-bond acceptors (Lipinski definition) is 4. The SMILES string of the molecule is Cc1ccc(OCC(=O)NC(=S)Nc2ccc(Cl)c(C(=O)O)c2)c(C)c1. The molecule has 2 aromatic rings. The van der Waals surface area contributed by atoms with Crippen LogP contribution in [-0.4, -0.2) is 28.7 Å². The second-order valence-corrected chi connectivity index (χ2v) is 6.38. The minimum absolute atomic E-state index is 0.0258. The van der Waals surface area contributed by atoms with Crippen molar-refractivity contribution in [1.82, 2.24) is 5.32 Å². The van der Waals surface area contributed by atoms with Gasteiger partial charge in [-0.2, -0.15) is 0 Å². The van der Waals surface area contributed by atoms with Crippen LogP contribution in [-0.2, 0) is 4.79 Å². The van der Waals surface area contributed by atoms with Crippen LogP contribution in [0.3, 0.4) is 0 Å². The number of aryl methyl sites for hydroxylation is 2. The van der Waals surface area contributed by atoms with Gasteiger partial charge in [-0.25, -0.2) is 4.79 Å². The van der Waals surface area contributed by atoms with Crippen molar-refractivity contribution in [3.05, 3.63) is 58.1 Å². The first kappa shape index (κ1) is 19.7. The smallest absolute Gasteiger partial charge is 0.337 e. The van der Waals surface area contributed by atoms with Crippen LogP contribution in [0.1, 0.15) is 21.5 Å². The first-order chi connectivity index (χ1) is 12.3. The van der Waals surface area contributed by atoms with E-state index in [0.717, 1.165) is 11.1 Å². The van der Waals surface area contributed by atoms with Gasteiger partial charge in [0, 0.05) is 5.69 Å². The lowest BCUT2D eigenvalue weighted by Gasteiger charge is -2.12. The Morgan fingerprint density at radius 2 is 1.92 bits per heavy atom. The van der Waals surface area contributed by atoms with Crippen LogP contribution in [0.15, 0.2) is 36.4 Å². The van der Waals surface area contributed by atoms with Crippen molar-refractivity contribution >= 4 is 46.5 Å². The molecule has 0 fully saturated rings. The van der Waals surface area contributed by atoms with Gasteiger partial charge in [0.2, 0.25) is 0 Å². The third-order valence-electron chi connectivity index (χ3n) is 3.40. The monoisotopic (exact) mass is 392 g/mol. The molecule has 3 N–H and O–H groups in total. The number of halogens is 1. The second-order valence-electron chi connectivity index (χ2n) is 5.56. The van der Waals surface area contributed by atoms with Gasteiger partial charge >= 0.3 is 5.97 Å². The Balaban J connectivity index is 1.90. The Bertz CT molecular complexity index is 870. The van der Waals surface area contributed by atoms with Gasteiger partial charge in [-0.05, 0) is 55.9 Å². The zero-order valence-electron chi connectivity index (χ0n) is 14.1. The molecule has 0 aliphatic rings. The summed E-state index contributed by atoms with van der Waals surface area (Å²) in [6.07, 6.45) is 0. The molecule has 0 unspecified atom stereocenters. The fraction of sp³-hybridized carbons (Fsp3) is 0.167. The summed E-state index contributed by atoms with van der Waals surface area (Å²) in [5, 5.41) is 14.4. The molecule has 0 atom stereocenters. The van der Waals surface area contributed by atoms with Crippen LogP contribution in [0.4, 0.5) is 5.69 Å². The predicted octanol–water partition coefficient (Wildman–Crippen LogP) is 3.55. The van der Waals surface area contributed by atoms with Crippen LogP contribution in [0.5, 0.6) is 5.75 Å². The summed E-state index contributed by atoms with van der Waals surface area (Å²) in [5.41, 5.74) is 2.37. The number of amides is 1. The zero-order chi connectivity index (χ0) is 19.3. The van der Waals surface area contributed by atoms with Crippen LogP contribution >= 0.6 is 23.8 Å². The fourth-order valence-corrected chi connectivity index (χ4v) is 2.63. The predicted molar refractivity (Wildman–Crippen MR) is 104 cm³/mol. The number of carboxylic acid groups (broad SMARTS) is 1. The number of carboxylic acids is 1. The number of anilines is 1. The number of ether oxygens (including phenoxy) is 1. The van der Waals surface area contributed by atoms with Crippen LogP contribution in [0.2, 0.25) is 5.02 Å². The normalized spacial score (nSPS) is 10.1. The van der Waals surface area contributed by atoms with E-state index in [1.807, 2.05) is 26.0 Å². The highest BCUT2D eigenvalue weighted by atomic mass is 35.5. The maximum absolute atomic E-state index is 11.9. The Kier molecular flexibility index (Phi) is 6.54. The molecular formula is C18H17ClN2O4S. The minimum atomic E-state index is -1.16. The van der Waals surface area contributed by atoms with E-state index in [9.17, 15) is 9.59 Å². The van der Waals surface area contributed by atoms with Gasteiger partial charge in [0.25, 0.3) is 5.91 Å². The van der Waals surface area contributed by atoms with E-state index in [-0.39, 0.29) is 22.3 Å². The van der Waals surface area contributed by atoms with Crippen molar-refractivity contribution in [2.45, 2.75) is 13.8 Å². The van der Waals surface area contributed by atoms with Crippen molar-refractivity contribution in [2.75, 3.05) is 11.9 Å². The molecule has 26 heavy (non-hydrogen) atoms. The molecule has 136 valence electrons. The van der Waals surface area contributed by atoms with Gasteiger partial charge in [0.05, 0.1) is 10.6 Å². The molecule has 0 saturated heterocycles. The lowest BCUT2D eigenvalue weighted by atomic mass is 10.1. The van der Waals surface area contributed by atoms with Gasteiger partial charge < -0.3 is 15.2 Å². The molecule has 1 amide bonds. The third kappa shape index (κ3) is 5.44. The number of thiocarbonyl (C=S) groups is 1. The van der Waals surface area contributed by atoms with Crippen molar-refractivity contribution < 1.29 is 19.4 Å². The van der Waals surface area contributed by atoms with E-state index in [4.69, 9.17) is 33.7 Å². The summed E-state index contributed by atoms with van der Waals surface area (Å²) < 4.78 is 5.48. The number of nitrogens with one attached hydrogen (secondary N) is 2. The first-order valence-corrected chi connectivity index (χ1v) is 8.38. The molecule has 2 aromatic carbocycles. The molecule has 0 saturated carbocycles. The summed E-state index contributed by atoms with van der Waals surface area (Å²) in [7, 11) is 0. The molecule has 0 aliphatic carbocycles. The molecule has 0 bridgehead atoms. The van der Waals surface area contributed by atoms with E-state index >= 15 is 0 Å².